The summed E-state index contributed by atoms with van der Waals surface area (Å²) in [5.41, 5.74) is 3.94. The van der Waals surface area contributed by atoms with Gasteiger partial charge in [-0.15, -0.1) is 0 Å². The molecule has 3 heteroatoms. The fraction of sp³-hybridized carbons (Fsp3) is 0.292. The molecule has 0 atom stereocenters. The molecule has 3 nitrogen and oxygen atoms in total. The molecular formula is C24H26O3. The molecule has 0 aliphatic rings. The number of hydrogen-bond donors (Lipinski definition) is 0. The first-order valence-electron chi connectivity index (χ1n) is 9.38. The van der Waals surface area contributed by atoms with Crippen LogP contribution in [-0.4, -0.2) is 11.6 Å². The SMILES string of the molecule is C=CC(=O)OC(C)(C)CCc1ccc2cc(-c3ccccc3CC)oc2c1. The Bertz CT molecular complexity index is 963. The van der Waals surface area contributed by atoms with E-state index in [9.17, 15) is 4.79 Å². The third-order valence-electron chi connectivity index (χ3n) is 4.81. The minimum Gasteiger partial charge on any atom is -0.457 e. The summed E-state index contributed by atoms with van der Waals surface area (Å²) in [4.78, 5) is 11.4. The first-order chi connectivity index (χ1) is 12.9. The van der Waals surface area contributed by atoms with Crippen molar-refractivity contribution in [2.45, 2.75) is 45.6 Å². The van der Waals surface area contributed by atoms with Gasteiger partial charge in [-0.25, -0.2) is 4.79 Å². The van der Waals surface area contributed by atoms with Gasteiger partial charge in [0.2, 0.25) is 0 Å². The Kier molecular flexibility index (Phi) is 5.50. The highest BCUT2D eigenvalue weighted by molar-refractivity contribution is 5.84. The molecule has 0 saturated carbocycles. The van der Waals surface area contributed by atoms with E-state index in [0.29, 0.717) is 0 Å². The lowest BCUT2D eigenvalue weighted by atomic mass is 9.98. The van der Waals surface area contributed by atoms with Crippen molar-refractivity contribution < 1.29 is 13.9 Å². The van der Waals surface area contributed by atoms with Crippen LogP contribution in [0.15, 0.2) is 65.6 Å². The van der Waals surface area contributed by atoms with Crippen LogP contribution in [0.2, 0.25) is 0 Å². The molecular weight excluding hydrogens is 336 g/mol. The first kappa shape index (κ1) is 19.0. The van der Waals surface area contributed by atoms with Gasteiger partial charge < -0.3 is 9.15 Å². The van der Waals surface area contributed by atoms with Crippen molar-refractivity contribution in [1.29, 1.82) is 0 Å². The number of esters is 1. The maximum absolute atomic E-state index is 11.4. The highest BCUT2D eigenvalue weighted by Crippen LogP contribution is 2.31. The Balaban J connectivity index is 1.80. The molecule has 0 N–H and O–H groups in total. The van der Waals surface area contributed by atoms with Crippen LogP contribution < -0.4 is 0 Å². The second-order valence-corrected chi connectivity index (χ2v) is 7.38. The van der Waals surface area contributed by atoms with E-state index in [4.69, 9.17) is 9.15 Å². The predicted octanol–water partition coefficient (Wildman–Crippen LogP) is 6.10. The van der Waals surface area contributed by atoms with Crippen molar-refractivity contribution in [2.75, 3.05) is 0 Å². The average Bonchev–Trinajstić information content (AvgIpc) is 3.09. The fourth-order valence-corrected chi connectivity index (χ4v) is 3.24. The van der Waals surface area contributed by atoms with E-state index in [-0.39, 0.29) is 5.97 Å². The van der Waals surface area contributed by atoms with Crippen molar-refractivity contribution in [3.05, 3.63) is 72.3 Å². The van der Waals surface area contributed by atoms with Crippen molar-refractivity contribution in [2.24, 2.45) is 0 Å². The number of furan rings is 1. The zero-order chi connectivity index (χ0) is 19.4. The molecule has 0 unspecified atom stereocenters. The summed E-state index contributed by atoms with van der Waals surface area (Å²) in [6, 6.07) is 16.7. The predicted molar refractivity (Wildman–Crippen MR) is 110 cm³/mol. The molecule has 140 valence electrons. The molecule has 1 aromatic heterocycles. The normalized spacial score (nSPS) is 11.5. The fourth-order valence-electron chi connectivity index (χ4n) is 3.24. The third-order valence-corrected chi connectivity index (χ3v) is 4.81. The number of aryl methyl sites for hydroxylation is 2. The van der Waals surface area contributed by atoms with Gasteiger partial charge in [0.05, 0.1) is 0 Å². The van der Waals surface area contributed by atoms with Crippen LogP contribution in [0.25, 0.3) is 22.3 Å². The highest BCUT2D eigenvalue weighted by Gasteiger charge is 2.21. The summed E-state index contributed by atoms with van der Waals surface area (Å²) in [6.07, 6.45) is 3.70. The van der Waals surface area contributed by atoms with Gasteiger partial charge >= 0.3 is 5.97 Å². The van der Waals surface area contributed by atoms with Gasteiger partial charge in [-0.2, -0.15) is 0 Å². The minimum absolute atomic E-state index is 0.388. The lowest BCUT2D eigenvalue weighted by Gasteiger charge is -2.24. The average molecular weight is 362 g/mol. The van der Waals surface area contributed by atoms with Crippen LogP contribution >= 0.6 is 0 Å². The largest absolute Gasteiger partial charge is 0.457 e. The second kappa shape index (κ2) is 7.83. The Labute approximate surface area is 160 Å². The van der Waals surface area contributed by atoms with Gasteiger partial charge in [0.25, 0.3) is 0 Å². The summed E-state index contributed by atoms with van der Waals surface area (Å²) in [5.74, 6) is 0.514. The standard InChI is InChI=1S/C24H26O3/c1-5-18-9-7-8-10-20(18)22-16-19-12-11-17(15-21(19)26-22)13-14-24(3,4)27-23(25)6-2/h6-12,15-16H,2,5,13-14H2,1,3-4H3. The summed E-state index contributed by atoms with van der Waals surface area (Å²) >= 11 is 0. The van der Waals surface area contributed by atoms with Crippen LogP contribution in [0.3, 0.4) is 0 Å². The zero-order valence-electron chi connectivity index (χ0n) is 16.2. The van der Waals surface area contributed by atoms with Gasteiger partial charge in [-0.1, -0.05) is 49.9 Å². The van der Waals surface area contributed by atoms with Gasteiger partial charge in [-0.3, -0.25) is 0 Å². The molecule has 0 aliphatic heterocycles. The smallest absolute Gasteiger partial charge is 0.330 e. The van der Waals surface area contributed by atoms with Crippen LogP contribution in [-0.2, 0) is 22.4 Å². The molecule has 0 fully saturated rings. The van der Waals surface area contributed by atoms with Gasteiger partial charge in [-0.05, 0) is 56.4 Å². The molecule has 27 heavy (non-hydrogen) atoms. The molecule has 3 rings (SSSR count). The Morgan fingerprint density at radius 3 is 2.70 bits per heavy atom. The van der Waals surface area contributed by atoms with Crippen LogP contribution in [0.1, 0.15) is 38.3 Å². The van der Waals surface area contributed by atoms with Gasteiger partial charge in [0.15, 0.2) is 0 Å². The third kappa shape index (κ3) is 4.48. The van der Waals surface area contributed by atoms with E-state index in [1.165, 1.54) is 11.6 Å². The summed E-state index contributed by atoms with van der Waals surface area (Å²) in [5, 5.41) is 1.09. The summed E-state index contributed by atoms with van der Waals surface area (Å²) < 4.78 is 11.6. The number of carbonyl (C=O) groups is 1. The molecule has 0 bridgehead atoms. The van der Waals surface area contributed by atoms with Crippen LogP contribution in [0, 0.1) is 0 Å². The molecule has 0 radical (unpaired) electrons. The number of benzene rings is 2. The van der Waals surface area contributed by atoms with E-state index in [2.05, 4.69) is 56.0 Å². The summed E-state index contributed by atoms with van der Waals surface area (Å²) in [6.45, 7) is 9.44. The molecule has 2 aromatic carbocycles. The maximum atomic E-state index is 11.4. The zero-order valence-corrected chi connectivity index (χ0v) is 16.2. The monoisotopic (exact) mass is 362 g/mol. The number of ether oxygens (including phenoxy) is 1. The highest BCUT2D eigenvalue weighted by atomic mass is 16.6. The van der Waals surface area contributed by atoms with Crippen LogP contribution in [0.5, 0.6) is 0 Å². The van der Waals surface area contributed by atoms with E-state index >= 15 is 0 Å². The van der Waals surface area contributed by atoms with Gasteiger partial charge in [0, 0.05) is 17.0 Å². The Morgan fingerprint density at radius 2 is 1.96 bits per heavy atom. The number of fused-ring (bicyclic) bond motifs is 1. The molecule has 0 amide bonds. The van der Waals surface area contributed by atoms with Gasteiger partial charge in [0.1, 0.15) is 16.9 Å². The molecule has 1 heterocycles. The van der Waals surface area contributed by atoms with E-state index < -0.39 is 5.60 Å². The first-order valence-corrected chi connectivity index (χ1v) is 9.38. The quantitative estimate of drug-likeness (QED) is 0.376. The van der Waals surface area contributed by atoms with Crippen LogP contribution in [0.4, 0.5) is 0 Å². The van der Waals surface area contributed by atoms with E-state index in [1.807, 2.05) is 19.9 Å². The Morgan fingerprint density at radius 1 is 1.19 bits per heavy atom. The molecule has 0 aliphatic carbocycles. The molecule has 0 spiro atoms. The Hall–Kier alpha value is -2.81. The topological polar surface area (TPSA) is 39.4 Å². The van der Waals surface area contributed by atoms with E-state index in [0.717, 1.165) is 47.1 Å². The molecule has 0 saturated heterocycles. The van der Waals surface area contributed by atoms with Crippen molar-refractivity contribution in [3.63, 3.8) is 0 Å². The lowest BCUT2D eigenvalue weighted by Crippen LogP contribution is -2.27. The second-order valence-electron chi connectivity index (χ2n) is 7.38. The maximum Gasteiger partial charge on any atom is 0.330 e. The minimum atomic E-state index is -0.533. The number of hydrogen-bond acceptors (Lipinski definition) is 3. The lowest BCUT2D eigenvalue weighted by molar-refractivity contribution is -0.150. The van der Waals surface area contributed by atoms with Crippen molar-refractivity contribution in [3.8, 4) is 11.3 Å². The van der Waals surface area contributed by atoms with E-state index in [1.54, 1.807) is 0 Å². The number of carbonyl (C=O) groups excluding carboxylic acids is 1. The van der Waals surface area contributed by atoms with Crippen molar-refractivity contribution >= 4 is 16.9 Å². The summed E-state index contributed by atoms with van der Waals surface area (Å²) in [7, 11) is 0. The van der Waals surface area contributed by atoms with Crippen molar-refractivity contribution in [1.82, 2.24) is 0 Å². The molecule has 3 aromatic rings. The number of rotatable bonds is 7.